The number of aldehydes is 1. The molecule has 0 aliphatic carbocycles. The number of hydrogen-bond donors (Lipinski definition) is 1. The summed E-state index contributed by atoms with van der Waals surface area (Å²) in [5.41, 5.74) is 3.17. The van der Waals surface area contributed by atoms with Crippen LogP contribution in [0.5, 0.6) is 0 Å². The summed E-state index contributed by atoms with van der Waals surface area (Å²) in [7, 11) is 1.97. The van der Waals surface area contributed by atoms with Gasteiger partial charge in [0.2, 0.25) is 5.91 Å². The number of halogens is 4. The Kier molecular flexibility index (Phi) is 8.96. The van der Waals surface area contributed by atoms with E-state index in [1.165, 1.54) is 0 Å². The Morgan fingerprint density at radius 2 is 1.77 bits per heavy atom. The first-order valence-corrected chi connectivity index (χ1v) is 14.3. The molecule has 0 bridgehead atoms. The second kappa shape index (κ2) is 12.7. The molecule has 43 heavy (non-hydrogen) atoms. The number of alkyl halides is 3. The average Bonchev–Trinajstić information content (AvgIpc) is 3.27. The molecule has 2 unspecified atom stereocenters. The monoisotopic (exact) mass is 595 g/mol. The summed E-state index contributed by atoms with van der Waals surface area (Å²) < 4.78 is 61.5. The number of amides is 1. The molecule has 1 aliphatic heterocycles. The third-order valence-electron chi connectivity index (χ3n) is 8.36. The van der Waals surface area contributed by atoms with Crippen molar-refractivity contribution < 1.29 is 31.9 Å². The Morgan fingerprint density at radius 3 is 2.47 bits per heavy atom. The minimum Gasteiger partial charge on any atom is -0.381 e. The number of nitrogens with zero attached hydrogens (tertiary/aromatic N) is 2. The lowest BCUT2D eigenvalue weighted by molar-refractivity contribution is -0.137. The van der Waals surface area contributed by atoms with Gasteiger partial charge in [0.05, 0.1) is 28.9 Å². The van der Waals surface area contributed by atoms with Gasteiger partial charge in [-0.3, -0.25) is 4.79 Å². The highest BCUT2D eigenvalue weighted by atomic mass is 19.4. The number of benzene rings is 3. The molecule has 1 fully saturated rings. The molecule has 226 valence electrons. The molecule has 1 aromatic heterocycles. The Labute approximate surface area is 247 Å². The Balaban J connectivity index is 1.41. The Bertz CT molecular complexity index is 1610. The van der Waals surface area contributed by atoms with E-state index in [1.807, 2.05) is 61.0 Å². The van der Waals surface area contributed by atoms with Crippen LogP contribution in [0.3, 0.4) is 0 Å². The molecule has 3 aromatic carbocycles. The maximum Gasteiger partial charge on any atom is 0.416 e. The number of rotatable bonds is 5. The van der Waals surface area contributed by atoms with E-state index in [9.17, 15) is 27.2 Å². The fourth-order valence-electron chi connectivity index (χ4n) is 5.79. The smallest absolute Gasteiger partial charge is 0.381 e. The Morgan fingerprint density at radius 1 is 1.02 bits per heavy atom. The number of carbonyl (C=O) groups excluding carboxylic acids is 2. The third-order valence-corrected chi connectivity index (χ3v) is 8.36. The SMILES string of the molecule is Cc1nc2cc(-c3ccc(C4COCCCCCC(C(=O)Nc5ccc(C(F)(F)F)cc5F)[C@@H]4C=O)cc3)ccc2n1C. The molecule has 0 saturated carbocycles. The molecule has 3 atom stereocenters. The van der Waals surface area contributed by atoms with E-state index < -0.39 is 41.2 Å². The van der Waals surface area contributed by atoms with Crippen molar-refractivity contribution >= 4 is 28.9 Å². The highest BCUT2D eigenvalue weighted by molar-refractivity contribution is 5.94. The van der Waals surface area contributed by atoms with E-state index in [1.54, 1.807) is 0 Å². The third kappa shape index (κ3) is 6.64. The molecule has 4 aromatic rings. The summed E-state index contributed by atoms with van der Waals surface area (Å²) in [6.45, 7) is 2.68. The zero-order chi connectivity index (χ0) is 30.7. The highest BCUT2D eigenvalue weighted by Gasteiger charge is 2.36. The van der Waals surface area contributed by atoms with Crippen LogP contribution in [-0.2, 0) is 27.5 Å². The zero-order valence-corrected chi connectivity index (χ0v) is 24.0. The Hall–Kier alpha value is -4.05. The van der Waals surface area contributed by atoms with Crippen molar-refractivity contribution in [3.8, 4) is 11.1 Å². The molecular weight excluding hydrogens is 562 g/mol. The molecule has 0 spiro atoms. The molecular formula is C33H33F4N3O3. The van der Waals surface area contributed by atoms with Crippen LogP contribution in [-0.4, -0.2) is 35.0 Å². The summed E-state index contributed by atoms with van der Waals surface area (Å²) in [6, 6.07) is 15.8. The summed E-state index contributed by atoms with van der Waals surface area (Å²) in [6.07, 6.45) is -1.39. The van der Waals surface area contributed by atoms with Crippen LogP contribution >= 0.6 is 0 Å². The van der Waals surface area contributed by atoms with E-state index in [0.717, 1.165) is 58.7 Å². The van der Waals surface area contributed by atoms with Crippen molar-refractivity contribution in [1.29, 1.82) is 0 Å². The molecule has 2 heterocycles. The largest absolute Gasteiger partial charge is 0.416 e. The second-order valence-electron chi connectivity index (χ2n) is 11.1. The van der Waals surface area contributed by atoms with E-state index in [-0.39, 0.29) is 12.3 Å². The molecule has 1 saturated heterocycles. The van der Waals surface area contributed by atoms with Gasteiger partial charge in [0, 0.05) is 31.4 Å². The van der Waals surface area contributed by atoms with Gasteiger partial charge in [-0.2, -0.15) is 13.2 Å². The summed E-state index contributed by atoms with van der Waals surface area (Å²) in [5, 5.41) is 2.44. The molecule has 5 rings (SSSR count). The van der Waals surface area contributed by atoms with Gasteiger partial charge in [-0.25, -0.2) is 9.37 Å². The second-order valence-corrected chi connectivity index (χ2v) is 11.1. The van der Waals surface area contributed by atoms with Gasteiger partial charge in [-0.1, -0.05) is 43.2 Å². The standard InChI is InChI=1S/C33H33F4N3O3/c1-20-38-30-16-23(11-14-31(30)40(20)2)21-7-9-22(10-8-21)27-19-43-15-5-3-4-6-25(26(27)18-41)32(42)39-29-13-12-24(17-28(29)34)33(35,36)37/h7-14,16-18,25-27H,3-6,15,19H2,1-2H3,(H,39,42)/t25?,26-,27?/m0/s1. The minimum absolute atomic E-state index is 0.209. The summed E-state index contributed by atoms with van der Waals surface area (Å²) in [4.78, 5) is 30.7. The van der Waals surface area contributed by atoms with E-state index in [2.05, 4.69) is 10.3 Å². The first-order chi connectivity index (χ1) is 20.6. The van der Waals surface area contributed by atoms with Crippen molar-refractivity contribution in [2.45, 2.75) is 44.7 Å². The maximum atomic E-state index is 14.6. The predicted molar refractivity (Wildman–Crippen MR) is 156 cm³/mol. The van der Waals surface area contributed by atoms with Crippen LogP contribution in [0.25, 0.3) is 22.2 Å². The van der Waals surface area contributed by atoms with Crippen molar-refractivity contribution in [2.24, 2.45) is 18.9 Å². The molecule has 1 aliphatic rings. The average molecular weight is 596 g/mol. The minimum atomic E-state index is -4.71. The maximum absolute atomic E-state index is 14.6. The lowest BCUT2D eigenvalue weighted by atomic mass is 9.76. The van der Waals surface area contributed by atoms with Crippen molar-refractivity contribution in [1.82, 2.24) is 9.55 Å². The summed E-state index contributed by atoms with van der Waals surface area (Å²) in [5.74, 6) is -2.98. The van der Waals surface area contributed by atoms with Crippen LogP contribution in [0.1, 0.15) is 48.6 Å². The number of carbonyl (C=O) groups is 2. The van der Waals surface area contributed by atoms with Gasteiger partial charge < -0.3 is 19.4 Å². The van der Waals surface area contributed by atoms with E-state index in [0.29, 0.717) is 31.6 Å². The highest BCUT2D eigenvalue weighted by Crippen LogP contribution is 2.36. The van der Waals surface area contributed by atoms with Crippen LogP contribution < -0.4 is 5.32 Å². The number of aromatic nitrogens is 2. The lowest BCUT2D eigenvalue weighted by Crippen LogP contribution is -2.36. The van der Waals surface area contributed by atoms with E-state index >= 15 is 0 Å². The topological polar surface area (TPSA) is 73.2 Å². The van der Waals surface area contributed by atoms with Gasteiger partial charge in [0.1, 0.15) is 17.9 Å². The molecule has 1 amide bonds. The van der Waals surface area contributed by atoms with Gasteiger partial charge in [-0.15, -0.1) is 0 Å². The molecule has 10 heteroatoms. The molecule has 0 radical (unpaired) electrons. The quantitative estimate of drug-likeness (QED) is 0.192. The van der Waals surface area contributed by atoms with Gasteiger partial charge in [0.15, 0.2) is 0 Å². The summed E-state index contributed by atoms with van der Waals surface area (Å²) >= 11 is 0. The zero-order valence-electron chi connectivity index (χ0n) is 24.0. The lowest BCUT2D eigenvalue weighted by Gasteiger charge is -2.31. The van der Waals surface area contributed by atoms with Crippen molar-refractivity contribution in [3.05, 3.63) is 83.4 Å². The fraction of sp³-hybridized carbons (Fsp3) is 0.364. The van der Waals surface area contributed by atoms with Crippen LogP contribution in [0.4, 0.5) is 23.2 Å². The van der Waals surface area contributed by atoms with Gasteiger partial charge in [-0.05, 0) is 66.8 Å². The van der Waals surface area contributed by atoms with E-state index in [4.69, 9.17) is 4.74 Å². The first-order valence-electron chi connectivity index (χ1n) is 14.3. The first kappa shape index (κ1) is 30.4. The number of fused-ring (bicyclic) bond motifs is 1. The molecule has 1 N–H and O–H groups in total. The van der Waals surface area contributed by atoms with Crippen LogP contribution in [0.2, 0.25) is 0 Å². The number of anilines is 1. The van der Waals surface area contributed by atoms with Gasteiger partial charge >= 0.3 is 6.18 Å². The number of imidazole rings is 1. The van der Waals surface area contributed by atoms with Crippen molar-refractivity contribution in [3.63, 3.8) is 0 Å². The number of nitrogens with one attached hydrogen (secondary N) is 1. The van der Waals surface area contributed by atoms with Crippen LogP contribution in [0.15, 0.2) is 60.7 Å². The van der Waals surface area contributed by atoms with Gasteiger partial charge in [0.25, 0.3) is 0 Å². The molecule has 6 nitrogen and oxygen atoms in total. The van der Waals surface area contributed by atoms with Crippen LogP contribution in [0, 0.1) is 24.6 Å². The fourth-order valence-corrected chi connectivity index (χ4v) is 5.79. The van der Waals surface area contributed by atoms with Crippen molar-refractivity contribution in [2.75, 3.05) is 18.5 Å². The number of aryl methyl sites for hydroxylation is 2. The number of ether oxygens (including phenoxy) is 1. The number of hydrogen-bond acceptors (Lipinski definition) is 4. The normalized spacial score (nSPS) is 20.1. The predicted octanol–water partition coefficient (Wildman–Crippen LogP) is 7.45.